The summed E-state index contributed by atoms with van der Waals surface area (Å²) < 4.78 is 93.0. The van der Waals surface area contributed by atoms with E-state index in [0.717, 1.165) is 0 Å². The third-order valence-corrected chi connectivity index (χ3v) is 2.75. The van der Waals surface area contributed by atoms with Crippen LogP contribution >= 0.6 is 0 Å². The summed E-state index contributed by atoms with van der Waals surface area (Å²) >= 11 is 0. The highest BCUT2D eigenvalue weighted by Gasteiger charge is 3.06. The summed E-state index contributed by atoms with van der Waals surface area (Å²) in [6.45, 7) is 0. The summed E-state index contributed by atoms with van der Waals surface area (Å²) in [6.07, 6.45) is 0. The number of methoxy groups -OCH3 is 1. The molecule has 2 rings (SSSR count). The van der Waals surface area contributed by atoms with Crippen LogP contribution in [0.5, 0.6) is 0 Å². The molecule has 2 aliphatic carbocycles. The lowest BCUT2D eigenvalue weighted by Crippen LogP contribution is -2.91. The number of alkyl halides is 6. The molecule has 0 aliphatic heterocycles. The fourth-order valence-electron chi connectivity index (χ4n) is 1.87. The summed E-state index contributed by atoms with van der Waals surface area (Å²) in [5.74, 6) is -14.7. The lowest BCUT2D eigenvalue weighted by atomic mass is 9.52. The second-order valence-electron chi connectivity index (χ2n) is 3.31. The second-order valence-corrected chi connectivity index (χ2v) is 3.31. The molecule has 2 unspecified atom stereocenters. The van der Waals surface area contributed by atoms with E-state index in [1.807, 2.05) is 0 Å². The molecule has 1 nitrogen and oxygen atoms in total. The molecular weight excluding hydrogens is 233 g/mol. The molecule has 0 N–H and O–H groups in total. The average Bonchev–Trinajstić information content (AvgIpc) is 2.15. The van der Waals surface area contributed by atoms with Gasteiger partial charge in [-0.1, -0.05) is 0 Å². The third-order valence-electron chi connectivity index (χ3n) is 2.75. The van der Waals surface area contributed by atoms with Gasteiger partial charge in [0.1, 0.15) is 0 Å². The first kappa shape index (κ1) is 10.6. The van der Waals surface area contributed by atoms with Crippen molar-refractivity contribution in [1.82, 2.24) is 0 Å². The zero-order valence-electron chi connectivity index (χ0n) is 7.05. The maximum absolute atomic E-state index is 13.2. The summed E-state index contributed by atoms with van der Waals surface area (Å²) in [5, 5.41) is 0. The van der Waals surface area contributed by atoms with Gasteiger partial charge < -0.3 is 4.74 Å². The Morgan fingerprint density at radius 2 is 1.27 bits per heavy atom. The molecule has 2 atom stereocenters. The largest absolute Gasteiger partial charge is 0.495 e. The number of halogens is 7. The lowest BCUT2D eigenvalue weighted by molar-refractivity contribution is -0.441. The van der Waals surface area contributed by atoms with Crippen molar-refractivity contribution < 1.29 is 35.5 Å². The topological polar surface area (TPSA) is 9.23 Å². The Morgan fingerprint density at radius 1 is 0.867 bits per heavy atom. The Morgan fingerprint density at radius 3 is 1.67 bits per heavy atom. The van der Waals surface area contributed by atoms with Crippen LogP contribution in [0.15, 0.2) is 11.6 Å². The monoisotopic (exact) mass is 236 g/mol. The highest BCUT2D eigenvalue weighted by molar-refractivity contribution is 5.58. The summed E-state index contributed by atoms with van der Waals surface area (Å²) in [6, 6.07) is 0. The Balaban J connectivity index is 2.63. The molecule has 0 saturated heterocycles. The van der Waals surface area contributed by atoms with Gasteiger partial charge in [-0.05, 0) is 0 Å². The molecule has 86 valence electrons. The summed E-state index contributed by atoms with van der Waals surface area (Å²) in [5.41, 5.74) is -9.00. The van der Waals surface area contributed by atoms with E-state index in [1.54, 1.807) is 0 Å². The highest BCUT2D eigenvalue weighted by atomic mass is 19.3. The third kappa shape index (κ3) is 0.566. The van der Waals surface area contributed by atoms with Gasteiger partial charge in [0.2, 0.25) is 0 Å². The second kappa shape index (κ2) is 2.10. The molecule has 0 radical (unpaired) electrons. The molecule has 8 heteroatoms. The first-order valence-electron chi connectivity index (χ1n) is 3.69. The number of hydrogen-bond acceptors (Lipinski definition) is 1. The Kier molecular flexibility index (Phi) is 1.48. The first-order valence-corrected chi connectivity index (χ1v) is 3.69. The summed E-state index contributed by atoms with van der Waals surface area (Å²) in [4.78, 5) is 0. The van der Waals surface area contributed by atoms with E-state index in [0.29, 0.717) is 7.11 Å². The predicted octanol–water partition coefficient (Wildman–Crippen LogP) is 2.53. The fourth-order valence-corrected chi connectivity index (χ4v) is 1.87. The molecule has 0 aromatic heterocycles. The quantitative estimate of drug-likeness (QED) is 0.635. The number of rotatable bonds is 1. The fraction of sp³-hybridized carbons (Fsp3) is 0.714. The van der Waals surface area contributed by atoms with Gasteiger partial charge in [0, 0.05) is 0 Å². The van der Waals surface area contributed by atoms with E-state index in [2.05, 4.69) is 4.74 Å². The Hall–Kier alpha value is -0.950. The van der Waals surface area contributed by atoms with Crippen molar-refractivity contribution in [2.45, 2.75) is 23.2 Å². The molecule has 15 heavy (non-hydrogen) atoms. The van der Waals surface area contributed by atoms with Crippen molar-refractivity contribution in [3.63, 3.8) is 0 Å². The van der Waals surface area contributed by atoms with Crippen LogP contribution in [0.25, 0.3) is 0 Å². The van der Waals surface area contributed by atoms with Gasteiger partial charge in [-0.2, -0.15) is 17.6 Å². The standard InChI is InChI=1S/C7H3F7O/c1-15-3-2(8)4(9)5(3,10)7(13,14)6(4,11)12/h1H3. The minimum atomic E-state index is -5.40. The van der Waals surface area contributed by atoms with Gasteiger partial charge in [-0.15, -0.1) is 0 Å². The highest BCUT2D eigenvalue weighted by Crippen LogP contribution is 2.78. The molecule has 0 heterocycles. The normalized spacial score (nSPS) is 45.3. The van der Waals surface area contributed by atoms with Gasteiger partial charge in [0.15, 0.2) is 11.6 Å². The smallest absolute Gasteiger partial charge is 0.358 e. The number of ether oxygens (including phenoxy) is 1. The SMILES string of the molecule is COC1=C(F)C2(F)C(F)(F)C(F)(F)C12F. The lowest BCUT2D eigenvalue weighted by Gasteiger charge is -2.62. The van der Waals surface area contributed by atoms with Gasteiger partial charge in [-0.3, -0.25) is 0 Å². The van der Waals surface area contributed by atoms with E-state index < -0.39 is 34.8 Å². The molecule has 1 saturated carbocycles. The van der Waals surface area contributed by atoms with Crippen molar-refractivity contribution in [1.29, 1.82) is 0 Å². The van der Waals surface area contributed by atoms with Crippen molar-refractivity contribution in [3.8, 4) is 0 Å². The van der Waals surface area contributed by atoms with E-state index >= 15 is 0 Å². The first-order chi connectivity index (χ1) is 6.60. The van der Waals surface area contributed by atoms with E-state index in [4.69, 9.17) is 0 Å². The zero-order valence-corrected chi connectivity index (χ0v) is 7.05. The van der Waals surface area contributed by atoms with Crippen LogP contribution in [0.2, 0.25) is 0 Å². The van der Waals surface area contributed by atoms with Gasteiger partial charge >= 0.3 is 11.8 Å². The van der Waals surface area contributed by atoms with Crippen LogP contribution in [-0.2, 0) is 4.74 Å². The van der Waals surface area contributed by atoms with E-state index in [9.17, 15) is 30.7 Å². The molecule has 0 amide bonds. The van der Waals surface area contributed by atoms with Crippen molar-refractivity contribution in [2.75, 3.05) is 7.11 Å². The molecule has 1 fully saturated rings. The predicted molar refractivity (Wildman–Crippen MR) is 32.7 cm³/mol. The minimum absolute atomic E-state index is 0.586. The van der Waals surface area contributed by atoms with Crippen LogP contribution in [0.3, 0.4) is 0 Å². The summed E-state index contributed by atoms with van der Waals surface area (Å²) in [7, 11) is 0.586. The zero-order chi connectivity index (χ0) is 11.9. The van der Waals surface area contributed by atoms with Crippen molar-refractivity contribution >= 4 is 0 Å². The van der Waals surface area contributed by atoms with Crippen LogP contribution in [0.1, 0.15) is 0 Å². The van der Waals surface area contributed by atoms with E-state index in [-0.39, 0.29) is 0 Å². The molecule has 0 aromatic carbocycles. The van der Waals surface area contributed by atoms with Crippen LogP contribution < -0.4 is 0 Å². The van der Waals surface area contributed by atoms with Gasteiger partial charge in [-0.25, -0.2) is 13.2 Å². The average molecular weight is 236 g/mol. The van der Waals surface area contributed by atoms with Crippen LogP contribution in [0.4, 0.5) is 30.7 Å². The van der Waals surface area contributed by atoms with Gasteiger partial charge in [0.05, 0.1) is 7.11 Å². The van der Waals surface area contributed by atoms with Crippen LogP contribution in [0, 0.1) is 0 Å². The maximum Gasteiger partial charge on any atom is 0.358 e. The molecule has 2 aliphatic rings. The van der Waals surface area contributed by atoms with E-state index in [1.165, 1.54) is 0 Å². The number of allylic oxidation sites excluding steroid dienone is 2. The Bertz CT molecular complexity index is 376. The molecule has 0 aromatic rings. The minimum Gasteiger partial charge on any atom is -0.495 e. The number of fused-ring (bicyclic) bond motifs is 1. The van der Waals surface area contributed by atoms with Crippen LogP contribution in [-0.4, -0.2) is 30.3 Å². The molecule has 0 spiro atoms. The Labute approximate surface area is 78.5 Å². The number of hydrogen-bond donors (Lipinski definition) is 0. The van der Waals surface area contributed by atoms with Gasteiger partial charge in [0.25, 0.3) is 11.3 Å². The van der Waals surface area contributed by atoms with Crippen molar-refractivity contribution in [3.05, 3.63) is 11.6 Å². The van der Waals surface area contributed by atoms with Crippen molar-refractivity contribution in [2.24, 2.45) is 0 Å². The molecule has 0 bridgehead atoms. The molecular formula is C7H3F7O. The maximum atomic E-state index is 13.2.